The van der Waals surface area contributed by atoms with E-state index in [2.05, 4.69) is 5.32 Å². The Bertz CT molecular complexity index is 630. The Hall–Kier alpha value is -1.96. The minimum absolute atomic E-state index is 0.168. The van der Waals surface area contributed by atoms with Crippen molar-refractivity contribution in [2.24, 2.45) is 0 Å². The molecule has 1 aromatic rings. The number of carbonyl (C=O) groups is 1. The van der Waals surface area contributed by atoms with E-state index >= 15 is 0 Å². The van der Waals surface area contributed by atoms with Gasteiger partial charge in [-0.15, -0.1) is 0 Å². The number of aliphatic hydroxyl groups is 1. The fraction of sp³-hybridized carbons (Fsp3) is 0.588. The number of hydrogen-bond donors (Lipinski definition) is 2. The molecule has 8 heteroatoms. The Morgan fingerprint density at radius 3 is 2.52 bits per heavy atom. The van der Waals surface area contributed by atoms with E-state index in [-0.39, 0.29) is 12.2 Å². The molecule has 2 heterocycles. The van der Waals surface area contributed by atoms with Crippen LogP contribution in [0.1, 0.15) is 31.2 Å². The third-order valence-electron chi connectivity index (χ3n) is 4.70. The topological polar surface area (TPSA) is 55.8 Å². The van der Waals surface area contributed by atoms with Crippen molar-refractivity contribution in [2.45, 2.75) is 38.0 Å². The average molecular weight is 357 g/mol. The number of benzene rings is 1. The number of rotatable bonds is 2. The monoisotopic (exact) mass is 357 g/mol. The van der Waals surface area contributed by atoms with Crippen LogP contribution in [0, 0.1) is 0 Å². The van der Waals surface area contributed by atoms with Crippen molar-refractivity contribution in [3.63, 3.8) is 0 Å². The molecule has 1 unspecified atom stereocenters. The molecule has 5 nitrogen and oxygen atoms in total. The molecule has 0 aliphatic carbocycles. The lowest BCUT2D eigenvalue weighted by Gasteiger charge is -2.31. The van der Waals surface area contributed by atoms with E-state index in [9.17, 15) is 23.1 Å². The summed E-state index contributed by atoms with van der Waals surface area (Å²) in [7, 11) is 0. The summed E-state index contributed by atoms with van der Waals surface area (Å²) < 4.78 is 39.2. The fourth-order valence-electron chi connectivity index (χ4n) is 3.38. The molecule has 0 radical (unpaired) electrons. The molecule has 2 fully saturated rings. The summed E-state index contributed by atoms with van der Waals surface area (Å²) in [5.41, 5.74) is -0.0115. The van der Waals surface area contributed by atoms with Crippen LogP contribution in [0.15, 0.2) is 18.2 Å². The largest absolute Gasteiger partial charge is 0.416 e. The number of likely N-dealkylation sites (tertiary alicyclic amines) is 1. The number of alkyl halides is 3. The molecule has 0 saturated carbocycles. The van der Waals surface area contributed by atoms with E-state index in [0.29, 0.717) is 25.1 Å². The van der Waals surface area contributed by atoms with Gasteiger partial charge < -0.3 is 20.2 Å². The number of β-amino-alcohol motifs (C(OH)–C–C–N with tert-alkyl or cyclic N) is 1. The number of aliphatic hydroxyl groups excluding tert-OH is 1. The maximum absolute atomic E-state index is 13.1. The van der Waals surface area contributed by atoms with Crippen LogP contribution in [0.2, 0.25) is 0 Å². The highest BCUT2D eigenvalue weighted by Gasteiger charge is 2.32. The number of carbonyl (C=O) groups excluding carboxylic acids is 1. The van der Waals surface area contributed by atoms with E-state index in [4.69, 9.17) is 0 Å². The van der Waals surface area contributed by atoms with E-state index in [1.165, 1.54) is 11.0 Å². The molecule has 0 spiro atoms. The number of halogens is 3. The SMILES string of the molecule is O=C(Nc1cc(C(F)(F)F)ccc1N1CCCC1)N1CCCC(O)C1. The standard InChI is InChI=1S/C17H22F3N3O2/c18-17(19,20)12-5-6-15(22-7-1-2-8-22)14(10-12)21-16(25)23-9-3-4-13(24)11-23/h5-6,10,13,24H,1-4,7-9,11H2,(H,21,25). The van der Waals surface area contributed by atoms with Gasteiger partial charge in [0.1, 0.15) is 0 Å². The number of nitrogens with zero attached hydrogens (tertiary/aromatic N) is 2. The fourth-order valence-corrected chi connectivity index (χ4v) is 3.38. The first-order chi connectivity index (χ1) is 11.8. The van der Waals surface area contributed by atoms with E-state index in [1.807, 2.05) is 4.90 Å². The smallest absolute Gasteiger partial charge is 0.391 e. The van der Waals surface area contributed by atoms with Crippen LogP contribution in [0.5, 0.6) is 0 Å². The van der Waals surface area contributed by atoms with E-state index in [1.54, 1.807) is 0 Å². The number of amides is 2. The van der Waals surface area contributed by atoms with Gasteiger partial charge >= 0.3 is 12.2 Å². The van der Waals surface area contributed by atoms with Gasteiger partial charge in [-0.25, -0.2) is 4.79 Å². The number of piperidine rings is 1. The van der Waals surface area contributed by atoms with Gasteiger partial charge in [0, 0.05) is 26.2 Å². The van der Waals surface area contributed by atoms with Gasteiger partial charge in [-0.1, -0.05) is 0 Å². The van der Waals surface area contributed by atoms with Crippen molar-refractivity contribution in [2.75, 3.05) is 36.4 Å². The molecule has 138 valence electrons. The van der Waals surface area contributed by atoms with Crippen LogP contribution < -0.4 is 10.2 Å². The third-order valence-corrected chi connectivity index (χ3v) is 4.70. The molecule has 2 aliphatic heterocycles. The minimum Gasteiger partial charge on any atom is -0.391 e. The van der Waals surface area contributed by atoms with Crippen LogP contribution in [-0.4, -0.2) is 48.3 Å². The van der Waals surface area contributed by atoms with Crippen molar-refractivity contribution in [1.29, 1.82) is 0 Å². The lowest BCUT2D eigenvalue weighted by Crippen LogP contribution is -2.44. The Morgan fingerprint density at radius 2 is 1.88 bits per heavy atom. The molecule has 3 rings (SSSR count). The number of nitrogens with one attached hydrogen (secondary N) is 1. The highest BCUT2D eigenvalue weighted by molar-refractivity contribution is 5.93. The van der Waals surface area contributed by atoms with Gasteiger partial charge in [0.25, 0.3) is 0 Å². The Morgan fingerprint density at radius 1 is 1.16 bits per heavy atom. The van der Waals surface area contributed by atoms with Gasteiger partial charge in [-0.2, -0.15) is 13.2 Å². The first-order valence-electron chi connectivity index (χ1n) is 8.55. The number of hydrogen-bond acceptors (Lipinski definition) is 3. The van der Waals surface area contributed by atoms with Crippen LogP contribution in [-0.2, 0) is 6.18 Å². The van der Waals surface area contributed by atoms with Gasteiger partial charge in [0.05, 0.1) is 23.0 Å². The molecular formula is C17H22F3N3O2. The van der Waals surface area contributed by atoms with E-state index < -0.39 is 23.9 Å². The summed E-state index contributed by atoms with van der Waals surface area (Å²) in [6.07, 6.45) is -1.79. The van der Waals surface area contributed by atoms with Crippen LogP contribution >= 0.6 is 0 Å². The number of anilines is 2. The molecule has 1 atom stereocenters. The van der Waals surface area contributed by atoms with Crippen LogP contribution in [0.3, 0.4) is 0 Å². The predicted molar refractivity (Wildman–Crippen MR) is 88.7 cm³/mol. The zero-order valence-electron chi connectivity index (χ0n) is 13.9. The first kappa shape index (κ1) is 17.8. The summed E-state index contributed by atoms with van der Waals surface area (Å²) in [6.45, 7) is 2.21. The quantitative estimate of drug-likeness (QED) is 0.854. The highest BCUT2D eigenvalue weighted by atomic mass is 19.4. The summed E-state index contributed by atoms with van der Waals surface area (Å²) in [4.78, 5) is 15.9. The molecule has 2 saturated heterocycles. The number of urea groups is 1. The second-order valence-corrected chi connectivity index (χ2v) is 6.60. The summed E-state index contributed by atoms with van der Waals surface area (Å²) >= 11 is 0. The molecule has 2 N–H and O–H groups in total. The zero-order valence-corrected chi connectivity index (χ0v) is 13.9. The third kappa shape index (κ3) is 4.18. The second-order valence-electron chi connectivity index (χ2n) is 6.60. The van der Waals surface area contributed by atoms with Crippen molar-refractivity contribution in [1.82, 2.24) is 4.90 Å². The molecule has 2 amide bonds. The normalized spacial score (nSPS) is 21.5. The minimum atomic E-state index is -4.47. The van der Waals surface area contributed by atoms with Crippen LogP contribution in [0.4, 0.5) is 29.3 Å². The summed E-state index contributed by atoms with van der Waals surface area (Å²) in [5, 5.41) is 12.3. The lowest BCUT2D eigenvalue weighted by atomic mass is 10.1. The highest BCUT2D eigenvalue weighted by Crippen LogP contribution is 2.36. The first-order valence-corrected chi connectivity index (χ1v) is 8.55. The molecule has 2 aliphatic rings. The second kappa shape index (κ2) is 7.11. The maximum Gasteiger partial charge on any atom is 0.416 e. The average Bonchev–Trinajstić information content (AvgIpc) is 3.08. The maximum atomic E-state index is 13.1. The molecular weight excluding hydrogens is 335 g/mol. The summed E-state index contributed by atoms with van der Waals surface area (Å²) in [5.74, 6) is 0. The van der Waals surface area contributed by atoms with Crippen molar-refractivity contribution in [3.8, 4) is 0 Å². The molecule has 0 bridgehead atoms. The van der Waals surface area contributed by atoms with Crippen LogP contribution in [0.25, 0.3) is 0 Å². The van der Waals surface area contributed by atoms with E-state index in [0.717, 1.165) is 38.1 Å². The summed E-state index contributed by atoms with van der Waals surface area (Å²) in [6, 6.07) is 2.99. The van der Waals surface area contributed by atoms with Gasteiger partial charge in [-0.05, 0) is 43.9 Å². The predicted octanol–water partition coefficient (Wildman–Crippen LogP) is 3.29. The van der Waals surface area contributed by atoms with Crippen molar-refractivity contribution < 1.29 is 23.1 Å². The Balaban J connectivity index is 1.84. The van der Waals surface area contributed by atoms with Crippen molar-refractivity contribution >= 4 is 17.4 Å². The Kier molecular flexibility index (Phi) is 5.08. The Labute approximate surface area is 144 Å². The van der Waals surface area contributed by atoms with Gasteiger partial charge in [-0.3, -0.25) is 0 Å². The van der Waals surface area contributed by atoms with Gasteiger partial charge in [0.2, 0.25) is 0 Å². The molecule has 1 aromatic carbocycles. The lowest BCUT2D eigenvalue weighted by molar-refractivity contribution is -0.137. The van der Waals surface area contributed by atoms with Gasteiger partial charge in [0.15, 0.2) is 0 Å². The molecule has 25 heavy (non-hydrogen) atoms. The van der Waals surface area contributed by atoms with Crippen molar-refractivity contribution in [3.05, 3.63) is 23.8 Å². The molecule has 0 aromatic heterocycles. The zero-order chi connectivity index (χ0) is 18.0.